The van der Waals surface area contributed by atoms with Gasteiger partial charge in [0.05, 0.1) is 16.2 Å². The quantitative estimate of drug-likeness (QED) is 0.571. The Labute approximate surface area is 189 Å². The zero-order valence-corrected chi connectivity index (χ0v) is 18.5. The molecule has 0 fully saturated rings. The zero-order chi connectivity index (χ0) is 23.7. The van der Waals surface area contributed by atoms with Crippen molar-refractivity contribution in [2.24, 2.45) is 7.05 Å². The summed E-state index contributed by atoms with van der Waals surface area (Å²) in [5, 5.41) is 3.62. The third kappa shape index (κ3) is 4.89. The Hall–Kier alpha value is -3.05. The molecule has 1 aromatic carbocycles. The first kappa shape index (κ1) is 23.6. The lowest BCUT2D eigenvalue weighted by atomic mass is 10.1. The molecule has 9 nitrogen and oxygen atoms in total. The van der Waals surface area contributed by atoms with Gasteiger partial charge < -0.3 is 9.30 Å². The molecule has 0 spiro atoms. The number of benzene rings is 1. The molecule has 170 valence electrons. The number of alkyl halides is 2. The molecule has 2 heterocycles. The highest BCUT2D eigenvalue weighted by atomic mass is 35.5. The molecule has 0 aliphatic rings. The number of aromatic nitrogens is 5. The fourth-order valence-corrected chi connectivity index (χ4v) is 3.36. The van der Waals surface area contributed by atoms with E-state index in [2.05, 4.69) is 10.1 Å². The number of halogens is 4. The van der Waals surface area contributed by atoms with Gasteiger partial charge in [-0.1, -0.05) is 37.0 Å². The standard InChI is InChI=1S/C19H17Cl2F2N5O4/c1-8(2)14-18(30)27(3)7-13(24-14)32-16-10(20)4-9(5-11(16)21)15-17(29)25-19(31)28(26-15)6-12(22)23/h4-5,7-8,12H,6H2,1-3H3,(H,25,29,31). The summed E-state index contributed by atoms with van der Waals surface area (Å²) in [6.45, 7) is 2.61. The van der Waals surface area contributed by atoms with Crippen molar-refractivity contribution < 1.29 is 13.5 Å². The van der Waals surface area contributed by atoms with E-state index in [0.29, 0.717) is 4.68 Å². The van der Waals surface area contributed by atoms with Gasteiger partial charge in [0, 0.05) is 18.5 Å². The molecule has 0 saturated heterocycles. The average Bonchev–Trinajstić information content (AvgIpc) is 2.68. The predicted octanol–water partition coefficient (Wildman–Crippen LogP) is 3.18. The van der Waals surface area contributed by atoms with Crippen molar-refractivity contribution >= 4 is 23.2 Å². The van der Waals surface area contributed by atoms with Crippen molar-refractivity contribution in [1.29, 1.82) is 0 Å². The summed E-state index contributed by atoms with van der Waals surface area (Å²) >= 11 is 12.6. The molecular formula is C19H17Cl2F2N5O4. The summed E-state index contributed by atoms with van der Waals surface area (Å²) in [5.41, 5.74) is -2.22. The van der Waals surface area contributed by atoms with Crippen LogP contribution < -0.4 is 21.5 Å². The van der Waals surface area contributed by atoms with Crippen molar-refractivity contribution in [3.63, 3.8) is 0 Å². The van der Waals surface area contributed by atoms with Gasteiger partial charge in [0.1, 0.15) is 12.2 Å². The Kier molecular flexibility index (Phi) is 6.79. The molecule has 0 aliphatic heterocycles. The largest absolute Gasteiger partial charge is 0.434 e. The fraction of sp³-hybridized carbons (Fsp3) is 0.316. The number of aromatic amines is 1. The van der Waals surface area contributed by atoms with Crippen molar-refractivity contribution in [2.45, 2.75) is 32.7 Å². The van der Waals surface area contributed by atoms with E-state index < -0.39 is 24.2 Å². The first-order valence-electron chi connectivity index (χ1n) is 9.22. The summed E-state index contributed by atoms with van der Waals surface area (Å²) < 4.78 is 32.8. The number of rotatable bonds is 6. The van der Waals surface area contributed by atoms with Crippen molar-refractivity contribution in [3.8, 4) is 22.9 Å². The van der Waals surface area contributed by atoms with Gasteiger partial charge in [-0.3, -0.25) is 14.6 Å². The monoisotopic (exact) mass is 487 g/mol. The summed E-state index contributed by atoms with van der Waals surface area (Å²) in [5.74, 6) is -0.101. The second kappa shape index (κ2) is 9.21. The summed E-state index contributed by atoms with van der Waals surface area (Å²) in [7, 11) is 1.54. The van der Waals surface area contributed by atoms with Gasteiger partial charge >= 0.3 is 5.69 Å². The average molecular weight is 488 g/mol. The van der Waals surface area contributed by atoms with Crippen LogP contribution in [0.15, 0.2) is 32.7 Å². The van der Waals surface area contributed by atoms with E-state index in [1.54, 1.807) is 20.9 Å². The number of ether oxygens (including phenoxy) is 1. The molecule has 3 rings (SSSR count). The van der Waals surface area contributed by atoms with Crippen LogP contribution in [0.3, 0.4) is 0 Å². The maximum atomic E-state index is 12.7. The van der Waals surface area contributed by atoms with Crippen LogP contribution in [0.1, 0.15) is 25.5 Å². The van der Waals surface area contributed by atoms with Crippen LogP contribution in [0.25, 0.3) is 11.3 Å². The number of hydrogen-bond acceptors (Lipinski definition) is 6. The van der Waals surface area contributed by atoms with Crippen LogP contribution in [0.4, 0.5) is 8.78 Å². The maximum Gasteiger partial charge on any atom is 0.344 e. The molecule has 2 aromatic heterocycles. The Morgan fingerprint density at radius 1 is 1.16 bits per heavy atom. The molecule has 0 aliphatic carbocycles. The minimum Gasteiger partial charge on any atom is -0.434 e. The van der Waals surface area contributed by atoms with Crippen LogP contribution in [-0.4, -0.2) is 30.7 Å². The minimum atomic E-state index is -2.85. The van der Waals surface area contributed by atoms with Gasteiger partial charge in [-0.2, -0.15) is 5.10 Å². The Morgan fingerprint density at radius 2 is 1.78 bits per heavy atom. The Morgan fingerprint density at radius 3 is 2.34 bits per heavy atom. The number of hydrogen-bond donors (Lipinski definition) is 1. The molecule has 32 heavy (non-hydrogen) atoms. The van der Waals surface area contributed by atoms with E-state index in [1.165, 1.54) is 22.9 Å². The highest BCUT2D eigenvalue weighted by Crippen LogP contribution is 2.38. The predicted molar refractivity (Wildman–Crippen MR) is 114 cm³/mol. The summed E-state index contributed by atoms with van der Waals surface area (Å²) in [6.07, 6.45) is -1.49. The normalized spacial score (nSPS) is 11.4. The number of nitrogens with zero attached hydrogens (tertiary/aromatic N) is 4. The molecule has 0 unspecified atom stereocenters. The molecular weight excluding hydrogens is 471 g/mol. The highest BCUT2D eigenvalue weighted by Gasteiger charge is 2.19. The van der Waals surface area contributed by atoms with Gasteiger partial charge in [-0.05, 0) is 12.1 Å². The van der Waals surface area contributed by atoms with E-state index in [4.69, 9.17) is 27.9 Å². The van der Waals surface area contributed by atoms with Crippen molar-refractivity contribution in [2.75, 3.05) is 0 Å². The molecule has 0 bridgehead atoms. The fourth-order valence-electron chi connectivity index (χ4n) is 2.80. The van der Waals surface area contributed by atoms with E-state index in [9.17, 15) is 23.2 Å². The van der Waals surface area contributed by atoms with Gasteiger partial charge in [-0.15, -0.1) is 0 Å². The summed E-state index contributed by atoms with van der Waals surface area (Å²) in [6, 6.07) is 2.56. The van der Waals surface area contributed by atoms with Crippen LogP contribution in [-0.2, 0) is 13.6 Å². The SMILES string of the molecule is CC(C)c1nc(Oc2c(Cl)cc(-c3nn(CC(F)F)c(=O)[nH]c3=O)cc2Cl)cn(C)c1=O. The maximum absolute atomic E-state index is 12.7. The number of aryl methyl sites for hydroxylation is 1. The number of nitrogens with one attached hydrogen (secondary N) is 1. The van der Waals surface area contributed by atoms with E-state index in [1.807, 2.05) is 4.98 Å². The second-order valence-electron chi connectivity index (χ2n) is 7.09. The van der Waals surface area contributed by atoms with Crippen molar-refractivity contribution in [1.82, 2.24) is 24.3 Å². The molecule has 0 atom stereocenters. The third-order valence-corrected chi connectivity index (χ3v) is 4.86. The van der Waals surface area contributed by atoms with Gasteiger partial charge in [0.25, 0.3) is 17.5 Å². The van der Waals surface area contributed by atoms with E-state index in [-0.39, 0.29) is 50.1 Å². The topological polar surface area (TPSA) is 112 Å². The zero-order valence-electron chi connectivity index (χ0n) is 17.0. The lowest BCUT2D eigenvalue weighted by molar-refractivity contribution is 0.119. The summed E-state index contributed by atoms with van der Waals surface area (Å²) in [4.78, 5) is 42.2. The van der Waals surface area contributed by atoms with Crippen LogP contribution >= 0.6 is 23.2 Å². The lowest BCUT2D eigenvalue weighted by Gasteiger charge is -2.13. The van der Waals surface area contributed by atoms with Crippen LogP contribution in [0, 0.1) is 0 Å². The van der Waals surface area contributed by atoms with Crippen LogP contribution in [0.2, 0.25) is 10.0 Å². The Balaban J connectivity index is 2.05. The van der Waals surface area contributed by atoms with Gasteiger partial charge in [0.2, 0.25) is 5.88 Å². The first-order chi connectivity index (χ1) is 15.0. The van der Waals surface area contributed by atoms with Gasteiger partial charge in [0.15, 0.2) is 11.4 Å². The molecule has 13 heteroatoms. The van der Waals surface area contributed by atoms with E-state index >= 15 is 0 Å². The molecule has 3 aromatic rings. The van der Waals surface area contributed by atoms with Gasteiger partial charge in [-0.25, -0.2) is 23.2 Å². The van der Waals surface area contributed by atoms with Crippen LogP contribution in [0.5, 0.6) is 11.6 Å². The second-order valence-corrected chi connectivity index (χ2v) is 7.90. The van der Waals surface area contributed by atoms with E-state index in [0.717, 1.165) is 0 Å². The Bertz CT molecular complexity index is 1330. The molecule has 0 amide bonds. The number of H-pyrrole nitrogens is 1. The smallest absolute Gasteiger partial charge is 0.344 e. The minimum absolute atomic E-state index is 0.00438. The first-order valence-corrected chi connectivity index (χ1v) is 9.98. The highest BCUT2D eigenvalue weighted by molar-refractivity contribution is 6.37. The lowest BCUT2D eigenvalue weighted by Crippen LogP contribution is -2.35. The molecule has 0 saturated carbocycles. The van der Waals surface area contributed by atoms with Crippen molar-refractivity contribution in [3.05, 3.63) is 65.3 Å². The molecule has 1 N–H and O–H groups in total. The molecule has 0 radical (unpaired) electrons. The third-order valence-electron chi connectivity index (χ3n) is 4.30.